The maximum absolute atomic E-state index is 10.5. The molecule has 4 aliphatic rings. The molecule has 0 amide bonds. The van der Waals surface area contributed by atoms with Gasteiger partial charge in [0.05, 0.1) is 12.2 Å². The standard InChI is InChI=1S/C19H30O2/c1-18-9-7-13(20)11-12(18)3-4-14-15-5-6-17(21)19(15,2)10-8-16(14)18/h7,9,12-17,20-21H,3-6,8,10-11H2,1-2H3/t12-,13+,14?,15?,16?,17-,18+,19+/m1/s1. The molecule has 3 saturated carbocycles. The highest BCUT2D eigenvalue weighted by Crippen LogP contribution is 2.65. The van der Waals surface area contributed by atoms with Gasteiger partial charge < -0.3 is 10.2 Å². The smallest absolute Gasteiger partial charge is 0.0724 e. The van der Waals surface area contributed by atoms with Crippen LogP contribution >= 0.6 is 0 Å². The van der Waals surface area contributed by atoms with Gasteiger partial charge in [-0.25, -0.2) is 0 Å². The van der Waals surface area contributed by atoms with Gasteiger partial charge in [-0.3, -0.25) is 0 Å². The van der Waals surface area contributed by atoms with Crippen LogP contribution in [0, 0.1) is 34.5 Å². The number of allylic oxidation sites excluding steroid dienone is 1. The second kappa shape index (κ2) is 4.58. The number of aliphatic hydroxyl groups excluding tert-OH is 2. The average molecular weight is 290 g/mol. The second-order valence-corrected chi connectivity index (χ2v) is 8.82. The van der Waals surface area contributed by atoms with E-state index < -0.39 is 0 Å². The van der Waals surface area contributed by atoms with Crippen molar-refractivity contribution in [1.29, 1.82) is 0 Å². The minimum atomic E-state index is -0.221. The van der Waals surface area contributed by atoms with Crippen molar-refractivity contribution < 1.29 is 10.2 Å². The van der Waals surface area contributed by atoms with Crippen LogP contribution in [0.15, 0.2) is 12.2 Å². The molecular weight excluding hydrogens is 260 g/mol. The Balaban J connectivity index is 1.67. The Hall–Kier alpha value is -0.340. The highest BCUT2D eigenvalue weighted by molar-refractivity contribution is 5.17. The van der Waals surface area contributed by atoms with Gasteiger partial charge in [0.25, 0.3) is 0 Å². The molecule has 4 aliphatic carbocycles. The molecule has 0 aliphatic heterocycles. The number of hydrogen-bond donors (Lipinski definition) is 2. The van der Waals surface area contributed by atoms with Gasteiger partial charge in [-0.15, -0.1) is 0 Å². The number of rotatable bonds is 0. The zero-order chi connectivity index (χ0) is 14.8. The van der Waals surface area contributed by atoms with E-state index in [4.69, 9.17) is 0 Å². The number of aliphatic hydroxyl groups is 2. The quantitative estimate of drug-likeness (QED) is 0.670. The minimum Gasteiger partial charge on any atom is -0.393 e. The molecule has 0 bridgehead atoms. The third-order valence-electron chi connectivity index (χ3n) is 8.12. The average Bonchev–Trinajstić information content (AvgIpc) is 2.76. The van der Waals surface area contributed by atoms with Gasteiger partial charge in [-0.1, -0.05) is 26.0 Å². The third kappa shape index (κ3) is 1.84. The Morgan fingerprint density at radius 2 is 1.76 bits per heavy atom. The van der Waals surface area contributed by atoms with Crippen LogP contribution in [0.2, 0.25) is 0 Å². The second-order valence-electron chi connectivity index (χ2n) is 8.82. The van der Waals surface area contributed by atoms with Crippen molar-refractivity contribution in [3.63, 3.8) is 0 Å². The summed E-state index contributed by atoms with van der Waals surface area (Å²) in [5, 5.41) is 20.4. The molecule has 0 saturated heterocycles. The van der Waals surface area contributed by atoms with Crippen molar-refractivity contribution in [1.82, 2.24) is 0 Å². The Morgan fingerprint density at radius 3 is 2.57 bits per heavy atom. The molecule has 3 unspecified atom stereocenters. The minimum absolute atomic E-state index is 0.0716. The SMILES string of the molecule is C[C@]12CCC3C(CC[C@@H]4C[C@@H](O)C=C[C@]34C)C1CC[C@H]2O. The van der Waals surface area contributed by atoms with Crippen molar-refractivity contribution in [2.45, 2.75) is 71.0 Å². The lowest BCUT2D eigenvalue weighted by Gasteiger charge is -2.59. The summed E-state index contributed by atoms with van der Waals surface area (Å²) < 4.78 is 0. The normalized spacial score (nSPS) is 59.2. The van der Waals surface area contributed by atoms with Crippen molar-refractivity contribution >= 4 is 0 Å². The van der Waals surface area contributed by atoms with E-state index in [-0.39, 0.29) is 23.0 Å². The summed E-state index contributed by atoms with van der Waals surface area (Å²) in [6.07, 6.45) is 12.4. The van der Waals surface area contributed by atoms with Crippen LogP contribution in [0.1, 0.15) is 58.8 Å². The van der Waals surface area contributed by atoms with Crippen molar-refractivity contribution in [2.75, 3.05) is 0 Å². The zero-order valence-electron chi connectivity index (χ0n) is 13.5. The highest BCUT2D eigenvalue weighted by atomic mass is 16.3. The predicted molar refractivity (Wildman–Crippen MR) is 83.6 cm³/mol. The molecule has 3 fully saturated rings. The van der Waals surface area contributed by atoms with E-state index in [0.29, 0.717) is 5.92 Å². The summed E-state index contributed by atoms with van der Waals surface area (Å²) in [4.78, 5) is 0. The lowest BCUT2D eigenvalue weighted by molar-refractivity contribution is -0.0994. The molecule has 118 valence electrons. The number of fused-ring (bicyclic) bond motifs is 5. The molecule has 2 heteroatoms. The maximum atomic E-state index is 10.5. The van der Waals surface area contributed by atoms with Crippen molar-refractivity contribution in [3.05, 3.63) is 12.2 Å². The first-order valence-corrected chi connectivity index (χ1v) is 9.00. The molecule has 0 aromatic carbocycles. The van der Waals surface area contributed by atoms with Crippen molar-refractivity contribution in [3.8, 4) is 0 Å². The molecule has 4 rings (SSSR count). The van der Waals surface area contributed by atoms with Gasteiger partial charge in [-0.05, 0) is 79.4 Å². The first-order valence-electron chi connectivity index (χ1n) is 9.00. The molecule has 8 atom stereocenters. The van der Waals surface area contributed by atoms with Crippen molar-refractivity contribution in [2.24, 2.45) is 34.5 Å². The molecule has 0 heterocycles. The van der Waals surface area contributed by atoms with E-state index >= 15 is 0 Å². The summed E-state index contributed by atoms with van der Waals surface area (Å²) in [6.45, 7) is 4.80. The summed E-state index contributed by atoms with van der Waals surface area (Å²) in [5.74, 6) is 2.95. The molecular formula is C19H30O2. The van der Waals surface area contributed by atoms with E-state index in [1.54, 1.807) is 0 Å². The first-order chi connectivity index (χ1) is 9.95. The van der Waals surface area contributed by atoms with E-state index in [2.05, 4.69) is 26.0 Å². The fourth-order valence-corrected chi connectivity index (χ4v) is 6.76. The molecule has 0 radical (unpaired) electrons. The fourth-order valence-electron chi connectivity index (χ4n) is 6.76. The summed E-state index contributed by atoms with van der Waals surface area (Å²) in [6, 6.07) is 0. The van der Waals surface area contributed by atoms with Crippen LogP contribution in [0.4, 0.5) is 0 Å². The predicted octanol–water partition coefficient (Wildman–Crippen LogP) is 3.53. The molecule has 0 aromatic heterocycles. The molecule has 0 aromatic rings. The van der Waals surface area contributed by atoms with Crippen LogP contribution in [-0.2, 0) is 0 Å². The van der Waals surface area contributed by atoms with Gasteiger partial charge in [-0.2, -0.15) is 0 Å². The van der Waals surface area contributed by atoms with Crippen LogP contribution in [0.3, 0.4) is 0 Å². The lowest BCUT2D eigenvalue weighted by atomic mass is 9.46. The fraction of sp³-hybridized carbons (Fsp3) is 0.895. The summed E-state index contributed by atoms with van der Waals surface area (Å²) >= 11 is 0. The van der Waals surface area contributed by atoms with Gasteiger partial charge in [0, 0.05) is 0 Å². The van der Waals surface area contributed by atoms with E-state index in [1.807, 2.05) is 0 Å². The van der Waals surface area contributed by atoms with E-state index in [0.717, 1.165) is 30.6 Å². The van der Waals surface area contributed by atoms with Gasteiger partial charge in [0.15, 0.2) is 0 Å². The Bertz CT molecular complexity index is 458. The molecule has 21 heavy (non-hydrogen) atoms. The van der Waals surface area contributed by atoms with Crippen LogP contribution < -0.4 is 0 Å². The zero-order valence-corrected chi connectivity index (χ0v) is 13.5. The van der Waals surface area contributed by atoms with Crippen LogP contribution in [0.25, 0.3) is 0 Å². The lowest BCUT2D eigenvalue weighted by Crippen LogP contribution is -2.53. The first kappa shape index (κ1) is 14.3. The monoisotopic (exact) mass is 290 g/mol. The molecule has 2 nitrogen and oxygen atoms in total. The largest absolute Gasteiger partial charge is 0.393 e. The van der Waals surface area contributed by atoms with E-state index in [9.17, 15) is 10.2 Å². The Morgan fingerprint density at radius 1 is 0.952 bits per heavy atom. The number of hydrogen-bond acceptors (Lipinski definition) is 2. The van der Waals surface area contributed by atoms with Crippen LogP contribution in [0.5, 0.6) is 0 Å². The maximum Gasteiger partial charge on any atom is 0.0724 e. The Labute approximate surface area is 128 Å². The molecule has 0 spiro atoms. The van der Waals surface area contributed by atoms with Crippen LogP contribution in [-0.4, -0.2) is 22.4 Å². The van der Waals surface area contributed by atoms with Gasteiger partial charge >= 0.3 is 0 Å². The Kier molecular flexibility index (Phi) is 3.11. The summed E-state index contributed by atoms with van der Waals surface area (Å²) in [5.41, 5.74) is 0.472. The third-order valence-corrected chi connectivity index (χ3v) is 8.12. The highest BCUT2D eigenvalue weighted by Gasteiger charge is 2.59. The van der Waals surface area contributed by atoms with Gasteiger partial charge in [0.1, 0.15) is 0 Å². The van der Waals surface area contributed by atoms with E-state index in [1.165, 1.54) is 32.1 Å². The molecule has 2 N–H and O–H groups in total. The summed E-state index contributed by atoms with van der Waals surface area (Å²) in [7, 11) is 0. The topological polar surface area (TPSA) is 40.5 Å². The van der Waals surface area contributed by atoms with Gasteiger partial charge in [0.2, 0.25) is 0 Å².